The summed E-state index contributed by atoms with van der Waals surface area (Å²) in [4.78, 5) is 0. The maximum atomic E-state index is 5.93. The van der Waals surface area contributed by atoms with Gasteiger partial charge >= 0.3 is 21.2 Å². The van der Waals surface area contributed by atoms with Crippen molar-refractivity contribution in [2.75, 3.05) is 13.2 Å². The number of rotatable bonds is 7. The van der Waals surface area contributed by atoms with E-state index >= 15 is 0 Å². The molecule has 3 rings (SSSR count). The average molecular weight is 417 g/mol. The molecule has 0 heterocycles. The first-order chi connectivity index (χ1) is 11.4. The molecule has 0 amide bonds. The van der Waals surface area contributed by atoms with Crippen LogP contribution in [-0.4, -0.2) is 13.2 Å². The SMILES string of the molecule is c1ccc(OCCOc2ccccc2[I+]c2ccccc2)cc1. The Morgan fingerprint density at radius 3 is 2.00 bits per heavy atom. The van der Waals surface area contributed by atoms with Gasteiger partial charge in [0.1, 0.15) is 19.0 Å². The summed E-state index contributed by atoms with van der Waals surface area (Å²) in [6, 6.07) is 28.7. The van der Waals surface area contributed by atoms with E-state index in [0.717, 1.165) is 11.5 Å². The first kappa shape index (κ1) is 15.9. The van der Waals surface area contributed by atoms with Gasteiger partial charge in [-0.2, -0.15) is 0 Å². The monoisotopic (exact) mass is 417 g/mol. The van der Waals surface area contributed by atoms with Crippen molar-refractivity contribution in [1.82, 2.24) is 0 Å². The molecule has 0 aliphatic heterocycles. The van der Waals surface area contributed by atoms with Crippen LogP contribution in [0, 0.1) is 7.14 Å². The molecule has 23 heavy (non-hydrogen) atoms. The number of hydrogen-bond acceptors (Lipinski definition) is 2. The zero-order valence-corrected chi connectivity index (χ0v) is 14.8. The minimum atomic E-state index is -0.226. The Kier molecular flexibility index (Phi) is 5.92. The van der Waals surface area contributed by atoms with Gasteiger partial charge in [0.05, 0.1) is 0 Å². The Morgan fingerprint density at radius 2 is 1.22 bits per heavy atom. The normalized spacial score (nSPS) is 10.3. The molecule has 0 saturated carbocycles. The molecule has 0 radical (unpaired) electrons. The van der Waals surface area contributed by atoms with E-state index in [0.29, 0.717) is 13.2 Å². The lowest BCUT2D eigenvalue weighted by atomic mass is 10.3. The lowest BCUT2D eigenvalue weighted by Gasteiger charge is -2.08. The quantitative estimate of drug-likeness (QED) is 0.426. The number of ether oxygens (including phenoxy) is 2. The Labute approximate surface area is 147 Å². The van der Waals surface area contributed by atoms with Gasteiger partial charge in [-0.1, -0.05) is 48.5 Å². The maximum Gasteiger partial charge on any atom is 0.362 e. The molecule has 0 fully saturated rings. The van der Waals surface area contributed by atoms with Gasteiger partial charge in [-0.25, -0.2) is 0 Å². The van der Waals surface area contributed by atoms with Gasteiger partial charge in [-0.15, -0.1) is 0 Å². The van der Waals surface area contributed by atoms with E-state index in [4.69, 9.17) is 9.47 Å². The predicted molar refractivity (Wildman–Crippen MR) is 87.7 cm³/mol. The van der Waals surface area contributed by atoms with Crippen molar-refractivity contribution in [3.8, 4) is 11.5 Å². The fourth-order valence-electron chi connectivity index (χ4n) is 2.06. The van der Waals surface area contributed by atoms with Crippen LogP contribution in [0.2, 0.25) is 0 Å². The molecule has 0 aliphatic carbocycles. The zero-order valence-electron chi connectivity index (χ0n) is 12.7. The van der Waals surface area contributed by atoms with E-state index in [-0.39, 0.29) is 21.2 Å². The van der Waals surface area contributed by atoms with Gasteiger partial charge in [0, 0.05) is 0 Å². The summed E-state index contributed by atoms with van der Waals surface area (Å²) >= 11 is -0.226. The number of hydrogen-bond donors (Lipinski definition) is 0. The van der Waals surface area contributed by atoms with Crippen LogP contribution in [0.3, 0.4) is 0 Å². The van der Waals surface area contributed by atoms with Crippen molar-refractivity contribution in [1.29, 1.82) is 0 Å². The van der Waals surface area contributed by atoms with E-state index in [1.165, 1.54) is 7.14 Å². The summed E-state index contributed by atoms with van der Waals surface area (Å²) in [5.41, 5.74) is 0. The van der Waals surface area contributed by atoms with Gasteiger partial charge in [0.2, 0.25) is 3.57 Å². The second-order valence-electron chi connectivity index (χ2n) is 4.83. The minimum Gasteiger partial charge on any atom is -0.490 e. The Morgan fingerprint density at radius 1 is 0.609 bits per heavy atom. The lowest BCUT2D eigenvalue weighted by Crippen LogP contribution is -3.61. The molecular weight excluding hydrogens is 399 g/mol. The largest absolute Gasteiger partial charge is 0.490 e. The highest BCUT2D eigenvalue weighted by Gasteiger charge is 2.20. The van der Waals surface area contributed by atoms with Crippen LogP contribution >= 0.6 is 0 Å². The fourth-order valence-corrected chi connectivity index (χ4v) is 4.50. The van der Waals surface area contributed by atoms with Crippen LogP contribution in [0.4, 0.5) is 0 Å². The third kappa shape index (κ3) is 4.99. The fraction of sp³-hybridized carbons (Fsp3) is 0.100. The highest BCUT2D eigenvalue weighted by atomic mass is 127. The van der Waals surface area contributed by atoms with Gasteiger partial charge in [0.15, 0.2) is 9.32 Å². The van der Waals surface area contributed by atoms with E-state index in [1.807, 2.05) is 42.5 Å². The minimum absolute atomic E-state index is 0.226. The van der Waals surface area contributed by atoms with Crippen molar-refractivity contribution in [2.45, 2.75) is 0 Å². The molecule has 3 heteroatoms. The van der Waals surface area contributed by atoms with Crippen LogP contribution in [0.25, 0.3) is 0 Å². The summed E-state index contributed by atoms with van der Waals surface area (Å²) < 4.78 is 14.3. The number of benzene rings is 3. The molecule has 0 aliphatic rings. The van der Waals surface area contributed by atoms with E-state index < -0.39 is 0 Å². The smallest absolute Gasteiger partial charge is 0.362 e. The van der Waals surface area contributed by atoms with Gasteiger partial charge in [-0.3, -0.25) is 0 Å². The predicted octanol–water partition coefficient (Wildman–Crippen LogP) is 1.27. The Hall–Kier alpha value is -2.01. The summed E-state index contributed by atoms with van der Waals surface area (Å²) in [5, 5.41) is 0. The molecule has 0 bridgehead atoms. The Bertz CT molecular complexity index is 714. The zero-order chi connectivity index (χ0) is 15.7. The molecule has 0 spiro atoms. The molecular formula is C20H18IO2+. The number of para-hydroxylation sites is 2. The second kappa shape index (κ2) is 8.58. The molecule has 0 atom stereocenters. The van der Waals surface area contributed by atoms with Crippen LogP contribution in [0.1, 0.15) is 0 Å². The molecule has 0 aromatic heterocycles. The van der Waals surface area contributed by atoms with Crippen molar-refractivity contribution < 1.29 is 30.7 Å². The molecule has 0 unspecified atom stereocenters. The topological polar surface area (TPSA) is 18.5 Å². The maximum absolute atomic E-state index is 5.93. The van der Waals surface area contributed by atoms with Crippen molar-refractivity contribution in [3.63, 3.8) is 0 Å². The number of halogens is 1. The average Bonchev–Trinajstić information content (AvgIpc) is 2.62. The standard InChI is InChI=1S/C20H18IO2/c1-3-9-17(10-4-1)21-19-13-7-8-14-20(19)23-16-15-22-18-11-5-2-6-12-18/h1-14H,15-16H2/q+1. The summed E-state index contributed by atoms with van der Waals surface area (Å²) in [7, 11) is 0. The highest BCUT2D eigenvalue weighted by molar-refractivity contribution is 5.22. The third-order valence-corrected chi connectivity index (χ3v) is 5.95. The molecule has 3 aromatic carbocycles. The molecule has 3 aromatic rings. The lowest BCUT2D eigenvalue weighted by molar-refractivity contribution is -0.598. The van der Waals surface area contributed by atoms with E-state index in [1.54, 1.807) is 0 Å². The molecule has 0 saturated heterocycles. The van der Waals surface area contributed by atoms with Crippen molar-refractivity contribution in [3.05, 3.63) is 92.1 Å². The molecule has 116 valence electrons. The second-order valence-corrected chi connectivity index (χ2v) is 7.78. The molecule has 2 nitrogen and oxygen atoms in total. The van der Waals surface area contributed by atoms with Crippen LogP contribution in [-0.2, 0) is 0 Å². The van der Waals surface area contributed by atoms with E-state index in [2.05, 4.69) is 42.5 Å². The summed E-state index contributed by atoms with van der Waals surface area (Å²) in [6.45, 7) is 1.09. The summed E-state index contributed by atoms with van der Waals surface area (Å²) in [5.74, 6) is 1.85. The van der Waals surface area contributed by atoms with Crippen LogP contribution < -0.4 is 30.7 Å². The van der Waals surface area contributed by atoms with Gasteiger partial charge in [0.25, 0.3) is 0 Å². The summed E-state index contributed by atoms with van der Waals surface area (Å²) in [6.07, 6.45) is 0. The van der Waals surface area contributed by atoms with Crippen LogP contribution in [0.15, 0.2) is 84.9 Å². The first-order valence-electron chi connectivity index (χ1n) is 7.51. The van der Waals surface area contributed by atoms with E-state index in [9.17, 15) is 0 Å². The van der Waals surface area contributed by atoms with Gasteiger partial charge in [-0.05, 0) is 36.4 Å². The highest BCUT2D eigenvalue weighted by Crippen LogP contribution is 2.10. The third-order valence-electron chi connectivity index (χ3n) is 3.13. The Balaban J connectivity index is 1.55. The van der Waals surface area contributed by atoms with Crippen molar-refractivity contribution in [2.24, 2.45) is 0 Å². The van der Waals surface area contributed by atoms with Crippen LogP contribution in [0.5, 0.6) is 11.5 Å². The first-order valence-corrected chi connectivity index (χ1v) is 9.67. The van der Waals surface area contributed by atoms with Gasteiger partial charge < -0.3 is 9.47 Å². The molecule has 0 N–H and O–H groups in total. The van der Waals surface area contributed by atoms with Crippen molar-refractivity contribution >= 4 is 0 Å².